The Morgan fingerprint density at radius 1 is 1.65 bits per heavy atom. The maximum absolute atomic E-state index is 12.9. The van der Waals surface area contributed by atoms with Gasteiger partial charge in [-0.1, -0.05) is 11.6 Å². The van der Waals surface area contributed by atoms with E-state index in [1.54, 1.807) is 0 Å². The molecule has 0 saturated carbocycles. The van der Waals surface area contributed by atoms with Crippen molar-refractivity contribution in [2.24, 2.45) is 5.73 Å². The van der Waals surface area contributed by atoms with Crippen LogP contribution < -0.4 is 10.5 Å². The Balaban J connectivity index is 2.73. The van der Waals surface area contributed by atoms with Crippen molar-refractivity contribution < 1.29 is 14.1 Å². The van der Waals surface area contributed by atoms with E-state index >= 15 is 0 Å². The quantitative estimate of drug-likeness (QED) is 0.651. The molecule has 0 saturated heterocycles. The Kier molecular flexibility index (Phi) is 4.86. The zero-order valence-electron chi connectivity index (χ0n) is 8.73. The van der Waals surface area contributed by atoms with E-state index in [1.165, 1.54) is 18.2 Å². The van der Waals surface area contributed by atoms with Gasteiger partial charge in [0.15, 0.2) is 0 Å². The number of benzene rings is 1. The van der Waals surface area contributed by atoms with Crippen LogP contribution in [0.1, 0.15) is 0 Å². The lowest BCUT2D eigenvalue weighted by molar-refractivity contribution is -0.384. The first-order valence-electron chi connectivity index (χ1n) is 4.66. The first-order valence-corrected chi connectivity index (χ1v) is 5.03. The number of nitro groups is 1. The molecular weight excluding hydrogens is 251 g/mol. The Bertz CT molecular complexity index is 451. The summed E-state index contributed by atoms with van der Waals surface area (Å²) in [7, 11) is 0. The van der Waals surface area contributed by atoms with E-state index < -0.39 is 10.8 Å². The van der Waals surface area contributed by atoms with Gasteiger partial charge in [0.25, 0.3) is 5.69 Å². The largest absolute Gasteiger partial charge is 0.485 e. The molecule has 0 aliphatic rings. The van der Waals surface area contributed by atoms with Gasteiger partial charge in [-0.3, -0.25) is 10.1 Å². The van der Waals surface area contributed by atoms with E-state index in [-0.39, 0.29) is 29.6 Å². The average Bonchev–Trinajstić information content (AvgIpc) is 2.27. The zero-order valence-corrected chi connectivity index (χ0v) is 9.48. The Morgan fingerprint density at radius 2 is 2.35 bits per heavy atom. The predicted molar refractivity (Wildman–Crippen MR) is 61.8 cm³/mol. The first-order chi connectivity index (χ1) is 8.04. The molecule has 0 bridgehead atoms. The van der Waals surface area contributed by atoms with Gasteiger partial charge >= 0.3 is 0 Å². The molecule has 0 atom stereocenters. The van der Waals surface area contributed by atoms with Crippen molar-refractivity contribution >= 4 is 17.3 Å². The molecule has 1 aromatic rings. The molecule has 1 aromatic carbocycles. The summed E-state index contributed by atoms with van der Waals surface area (Å²) in [5.74, 6) is -0.347. The third-order valence-electron chi connectivity index (χ3n) is 1.83. The van der Waals surface area contributed by atoms with Gasteiger partial charge in [-0.15, -0.1) is 0 Å². The molecular formula is C10H10ClFN2O3. The highest BCUT2D eigenvalue weighted by atomic mass is 35.5. The highest BCUT2D eigenvalue weighted by Gasteiger charge is 2.10. The van der Waals surface area contributed by atoms with Crippen molar-refractivity contribution in [2.45, 2.75) is 0 Å². The summed E-state index contributed by atoms with van der Waals surface area (Å²) < 4.78 is 18.0. The molecule has 7 heteroatoms. The monoisotopic (exact) mass is 260 g/mol. The van der Waals surface area contributed by atoms with Crippen molar-refractivity contribution in [3.63, 3.8) is 0 Å². The third kappa shape index (κ3) is 4.01. The number of ether oxygens (including phenoxy) is 1. The third-order valence-corrected chi connectivity index (χ3v) is 2.13. The second-order valence-corrected chi connectivity index (χ2v) is 3.45. The summed E-state index contributed by atoms with van der Waals surface area (Å²) in [5.41, 5.74) is 4.96. The van der Waals surface area contributed by atoms with Gasteiger partial charge in [-0.2, -0.15) is 0 Å². The fourth-order valence-electron chi connectivity index (χ4n) is 1.05. The molecule has 17 heavy (non-hydrogen) atoms. The fraction of sp³-hybridized carbons (Fsp3) is 0.200. The maximum Gasteiger partial charge on any atom is 0.271 e. The second kappa shape index (κ2) is 6.17. The van der Waals surface area contributed by atoms with Gasteiger partial charge in [0.1, 0.15) is 18.2 Å². The maximum atomic E-state index is 12.9. The molecule has 0 aliphatic heterocycles. The highest BCUT2D eigenvalue weighted by molar-refractivity contribution is 6.32. The lowest BCUT2D eigenvalue weighted by atomic mass is 10.3. The van der Waals surface area contributed by atoms with Crippen molar-refractivity contribution in [2.75, 3.05) is 13.2 Å². The fourth-order valence-corrected chi connectivity index (χ4v) is 1.28. The summed E-state index contributed by atoms with van der Waals surface area (Å²) in [6.45, 7) is -0.238. The van der Waals surface area contributed by atoms with Crippen molar-refractivity contribution in [3.8, 4) is 5.75 Å². The minimum absolute atomic E-state index is 0.0553. The van der Waals surface area contributed by atoms with E-state index in [1.807, 2.05) is 0 Å². The predicted octanol–water partition coefficient (Wildman–Crippen LogP) is 2.44. The number of nitrogens with zero attached hydrogens (tertiary/aromatic N) is 1. The molecule has 92 valence electrons. The van der Waals surface area contributed by atoms with Gasteiger partial charge in [0, 0.05) is 18.7 Å². The van der Waals surface area contributed by atoms with Crippen LogP contribution in [0.2, 0.25) is 5.02 Å². The number of halogens is 2. The van der Waals surface area contributed by atoms with Crippen LogP contribution in [-0.4, -0.2) is 18.1 Å². The summed E-state index contributed by atoms with van der Waals surface area (Å²) in [6, 6.07) is 3.68. The second-order valence-electron chi connectivity index (χ2n) is 3.05. The van der Waals surface area contributed by atoms with Crippen LogP contribution in [0, 0.1) is 10.1 Å². The summed E-state index contributed by atoms with van der Waals surface area (Å²) >= 11 is 5.74. The summed E-state index contributed by atoms with van der Waals surface area (Å²) in [4.78, 5) is 9.86. The molecule has 0 aromatic heterocycles. The van der Waals surface area contributed by atoms with E-state index in [4.69, 9.17) is 22.1 Å². The normalized spacial score (nSPS) is 11.4. The van der Waals surface area contributed by atoms with Crippen molar-refractivity contribution in [1.82, 2.24) is 0 Å². The Morgan fingerprint density at radius 3 is 2.88 bits per heavy atom. The molecule has 0 radical (unpaired) electrons. The van der Waals surface area contributed by atoms with E-state index in [0.717, 1.165) is 6.07 Å². The van der Waals surface area contributed by atoms with E-state index in [2.05, 4.69) is 0 Å². The van der Waals surface area contributed by atoms with Gasteiger partial charge in [0.2, 0.25) is 0 Å². The van der Waals surface area contributed by atoms with Gasteiger partial charge in [-0.05, 0) is 12.1 Å². The van der Waals surface area contributed by atoms with Crippen LogP contribution in [0.15, 0.2) is 30.1 Å². The Hall–Kier alpha value is -1.66. The zero-order chi connectivity index (χ0) is 12.8. The van der Waals surface area contributed by atoms with Crippen molar-refractivity contribution in [3.05, 3.63) is 45.2 Å². The molecule has 2 N–H and O–H groups in total. The number of nitrogens with two attached hydrogens (primary N) is 1. The van der Waals surface area contributed by atoms with E-state index in [0.29, 0.717) is 0 Å². The van der Waals surface area contributed by atoms with Crippen molar-refractivity contribution in [1.29, 1.82) is 0 Å². The number of hydrogen-bond acceptors (Lipinski definition) is 4. The lowest BCUT2D eigenvalue weighted by Gasteiger charge is -2.06. The van der Waals surface area contributed by atoms with Crippen LogP contribution in [0.4, 0.5) is 10.1 Å². The summed E-state index contributed by atoms with van der Waals surface area (Å²) in [5, 5.41) is 10.5. The van der Waals surface area contributed by atoms with Crippen LogP contribution in [0.5, 0.6) is 5.75 Å². The van der Waals surface area contributed by atoms with Crippen LogP contribution in [0.3, 0.4) is 0 Å². The highest BCUT2D eigenvalue weighted by Crippen LogP contribution is 2.28. The number of rotatable bonds is 5. The molecule has 0 unspecified atom stereocenters. The van der Waals surface area contributed by atoms with Gasteiger partial charge in [0.05, 0.1) is 9.95 Å². The first kappa shape index (κ1) is 13.4. The van der Waals surface area contributed by atoms with Crippen LogP contribution in [-0.2, 0) is 0 Å². The topological polar surface area (TPSA) is 78.4 Å². The molecule has 5 nitrogen and oxygen atoms in total. The van der Waals surface area contributed by atoms with Crippen LogP contribution >= 0.6 is 11.6 Å². The molecule has 0 spiro atoms. The average molecular weight is 261 g/mol. The number of hydrogen-bond donors (Lipinski definition) is 1. The molecule has 0 fully saturated rings. The minimum atomic E-state index is -0.579. The van der Waals surface area contributed by atoms with E-state index in [9.17, 15) is 14.5 Å². The lowest BCUT2D eigenvalue weighted by Crippen LogP contribution is -2.02. The number of non-ortho nitro benzene ring substituents is 1. The SMILES string of the molecule is NC/C=C(\F)COc1ccc([N+](=O)[O-])cc1Cl. The van der Waals surface area contributed by atoms with Gasteiger partial charge in [-0.25, -0.2) is 4.39 Å². The molecule has 0 heterocycles. The summed E-state index contributed by atoms with van der Waals surface area (Å²) in [6.07, 6.45) is 1.17. The molecule has 0 aliphatic carbocycles. The minimum Gasteiger partial charge on any atom is -0.485 e. The van der Waals surface area contributed by atoms with Gasteiger partial charge < -0.3 is 10.5 Å². The smallest absolute Gasteiger partial charge is 0.271 e. The number of nitro benzene ring substituents is 1. The molecule has 1 rings (SSSR count). The standard InChI is InChI=1S/C10H10ClFN2O3/c11-9-5-8(14(15)16)1-2-10(9)17-6-7(12)3-4-13/h1-3,5H,4,6,13H2/b7-3-. The Labute approximate surface area is 102 Å². The molecule has 0 amide bonds. The van der Waals surface area contributed by atoms with Crippen LogP contribution in [0.25, 0.3) is 0 Å².